The quantitative estimate of drug-likeness (QED) is 0.896. The van der Waals surface area contributed by atoms with Crippen LogP contribution >= 0.6 is 0 Å². The third-order valence-corrected chi connectivity index (χ3v) is 3.95. The number of anilines is 1. The van der Waals surface area contributed by atoms with E-state index in [1.807, 2.05) is 29.2 Å². The van der Waals surface area contributed by atoms with Crippen molar-refractivity contribution >= 4 is 11.7 Å². The third kappa shape index (κ3) is 4.44. The van der Waals surface area contributed by atoms with Gasteiger partial charge in [-0.1, -0.05) is 12.1 Å². The number of methoxy groups -OCH3 is 1. The second-order valence-electron chi connectivity index (χ2n) is 5.61. The summed E-state index contributed by atoms with van der Waals surface area (Å²) >= 11 is 0. The van der Waals surface area contributed by atoms with Gasteiger partial charge in [0.15, 0.2) is 0 Å². The van der Waals surface area contributed by atoms with Gasteiger partial charge in [-0.05, 0) is 43.4 Å². The summed E-state index contributed by atoms with van der Waals surface area (Å²) in [7, 11) is 1.72. The van der Waals surface area contributed by atoms with Gasteiger partial charge in [-0.2, -0.15) is 0 Å². The van der Waals surface area contributed by atoms with Crippen molar-refractivity contribution in [3.8, 4) is 0 Å². The lowest BCUT2D eigenvalue weighted by molar-refractivity contribution is 0.110. The van der Waals surface area contributed by atoms with Crippen molar-refractivity contribution in [2.24, 2.45) is 5.92 Å². The van der Waals surface area contributed by atoms with Gasteiger partial charge in [0.05, 0.1) is 6.10 Å². The fourth-order valence-corrected chi connectivity index (χ4v) is 2.59. The summed E-state index contributed by atoms with van der Waals surface area (Å²) in [5.74, 6) is 0.560. The number of carbonyl (C=O) groups is 1. The van der Waals surface area contributed by atoms with Gasteiger partial charge in [-0.3, -0.25) is 0 Å². The number of rotatable bonds is 4. The Morgan fingerprint density at radius 1 is 1.38 bits per heavy atom. The van der Waals surface area contributed by atoms with E-state index in [1.165, 1.54) is 0 Å². The Morgan fingerprint density at radius 3 is 2.52 bits per heavy atom. The number of likely N-dealkylation sites (tertiary alicyclic amines) is 1. The maximum Gasteiger partial charge on any atom is 0.321 e. The number of aliphatic hydroxyl groups is 1. The lowest BCUT2D eigenvalue weighted by atomic mass is 9.98. The Morgan fingerprint density at radius 2 is 2.00 bits per heavy atom. The van der Waals surface area contributed by atoms with Gasteiger partial charge in [0.2, 0.25) is 0 Å². The van der Waals surface area contributed by atoms with Crippen molar-refractivity contribution in [3.05, 3.63) is 29.8 Å². The maximum atomic E-state index is 12.2. The number of carbonyl (C=O) groups excluding carboxylic acids is 1. The highest BCUT2D eigenvalue weighted by Crippen LogP contribution is 2.19. The minimum absolute atomic E-state index is 0.0596. The lowest BCUT2D eigenvalue weighted by Crippen LogP contribution is -2.41. The zero-order valence-electron chi connectivity index (χ0n) is 12.7. The Kier molecular flexibility index (Phi) is 5.59. The van der Waals surface area contributed by atoms with Gasteiger partial charge in [0.1, 0.15) is 0 Å². The molecule has 1 unspecified atom stereocenters. The molecule has 1 aliphatic heterocycles. The van der Waals surface area contributed by atoms with E-state index in [9.17, 15) is 9.90 Å². The molecular weight excluding hydrogens is 268 g/mol. The number of amides is 2. The highest BCUT2D eigenvalue weighted by molar-refractivity contribution is 5.89. The van der Waals surface area contributed by atoms with Gasteiger partial charge >= 0.3 is 6.03 Å². The monoisotopic (exact) mass is 292 g/mol. The van der Waals surface area contributed by atoms with Crippen molar-refractivity contribution < 1.29 is 14.6 Å². The number of benzene rings is 1. The fourth-order valence-electron chi connectivity index (χ4n) is 2.59. The van der Waals surface area contributed by atoms with E-state index in [4.69, 9.17) is 4.74 Å². The number of nitrogens with zero attached hydrogens (tertiary/aromatic N) is 1. The van der Waals surface area contributed by atoms with E-state index in [1.54, 1.807) is 14.0 Å². The van der Waals surface area contributed by atoms with Crippen molar-refractivity contribution in [3.63, 3.8) is 0 Å². The number of hydrogen-bond acceptors (Lipinski definition) is 3. The number of piperidine rings is 1. The molecule has 0 bridgehead atoms. The van der Waals surface area contributed by atoms with E-state index >= 15 is 0 Å². The molecule has 2 rings (SSSR count). The van der Waals surface area contributed by atoms with Gasteiger partial charge in [0.25, 0.3) is 0 Å². The minimum atomic E-state index is -0.491. The summed E-state index contributed by atoms with van der Waals surface area (Å²) < 4.78 is 5.16. The van der Waals surface area contributed by atoms with E-state index in [-0.39, 0.29) is 6.03 Å². The molecule has 5 heteroatoms. The smallest absolute Gasteiger partial charge is 0.321 e. The van der Waals surface area contributed by atoms with Crippen LogP contribution in [0.2, 0.25) is 0 Å². The van der Waals surface area contributed by atoms with Crippen LogP contribution in [-0.4, -0.2) is 42.8 Å². The normalized spacial score (nSPS) is 17.6. The summed E-state index contributed by atoms with van der Waals surface area (Å²) in [6, 6.07) is 7.22. The highest BCUT2D eigenvalue weighted by atomic mass is 16.5. The molecule has 2 amide bonds. The minimum Gasteiger partial charge on any atom is -0.389 e. The fraction of sp³-hybridized carbons (Fsp3) is 0.562. The molecule has 1 atom stereocenters. The first kappa shape index (κ1) is 15.8. The van der Waals surface area contributed by atoms with Crippen molar-refractivity contribution in [1.82, 2.24) is 4.90 Å². The molecule has 116 valence electrons. The van der Waals surface area contributed by atoms with Crippen molar-refractivity contribution in [2.45, 2.75) is 25.9 Å². The van der Waals surface area contributed by atoms with Crippen LogP contribution in [0.5, 0.6) is 0 Å². The van der Waals surface area contributed by atoms with Crippen LogP contribution in [0.15, 0.2) is 24.3 Å². The molecule has 1 aromatic carbocycles. The van der Waals surface area contributed by atoms with Crippen LogP contribution in [-0.2, 0) is 4.74 Å². The Balaban J connectivity index is 1.84. The second-order valence-corrected chi connectivity index (χ2v) is 5.61. The SMILES string of the molecule is COCC1CCN(C(=O)Nc2ccc(C(C)O)cc2)CC1. The number of ether oxygens (including phenoxy) is 1. The average Bonchev–Trinajstić information content (AvgIpc) is 2.49. The molecule has 0 radical (unpaired) electrons. The molecule has 5 nitrogen and oxygen atoms in total. The van der Waals surface area contributed by atoms with Crippen LogP contribution in [0.25, 0.3) is 0 Å². The van der Waals surface area contributed by atoms with E-state index in [2.05, 4.69) is 5.32 Å². The summed E-state index contributed by atoms with van der Waals surface area (Å²) in [5, 5.41) is 12.4. The summed E-state index contributed by atoms with van der Waals surface area (Å²) in [4.78, 5) is 14.0. The van der Waals surface area contributed by atoms with Gasteiger partial charge in [-0.15, -0.1) is 0 Å². The molecule has 2 N–H and O–H groups in total. The molecule has 1 heterocycles. The maximum absolute atomic E-state index is 12.2. The Bertz CT molecular complexity index is 451. The van der Waals surface area contributed by atoms with Crippen LogP contribution in [0, 0.1) is 5.92 Å². The highest BCUT2D eigenvalue weighted by Gasteiger charge is 2.22. The molecule has 1 saturated heterocycles. The van der Waals surface area contributed by atoms with E-state index in [0.717, 1.165) is 43.8 Å². The first-order valence-corrected chi connectivity index (χ1v) is 7.43. The standard InChI is InChI=1S/C16H24N2O3/c1-12(19)14-3-5-15(6-4-14)17-16(20)18-9-7-13(8-10-18)11-21-2/h3-6,12-13,19H,7-11H2,1-2H3,(H,17,20). The molecular formula is C16H24N2O3. The molecule has 0 spiro atoms. The Hall–Kier alpha value is -1.59. The van der Waals surface area contributed by atoms with Gasteiger partial charge in [-0.25, -0.2) is 4.79 Å². The zero-order chi connectivity index (χ0) is 15.2. The first-order chi connectivity index (χ1) is 10.1. The summed E-state index contributed by atoms with van der Waals surface area (Å²) in [6.45, 7) is 4.03. The number of nitrogens with one attached hydrogen (secondary N) is 1. The lowest BCUT2D eigenvalue weighted by Gasteiger charge is -2.31. The third-order valence-electron chi connectivity index (χ3n) is 3.95. The Labute approximate surface area is 125 Å². The largest absolute Gasteiger partial charge is 0.389 e. The summed E-state index contributed by atoms with van der Waals surface area (Å²) in [5.41, 5.74) is 1.59. The number of urea groups is 1. The van der Waals surface area contributed by atoms with Crippen LogP contribution in [0.4, 0.5) is 10.5 Å². The molecule has 0 saturated carbocycles. The van der Waals surface area contributed by atoms with Crippen LogP contribution < -0.4 is 5.32 Å². The number of aliphatic hydroxyl groups excluding tert-OH is 1. The van der Waals surface area contributed by atoms with Crippen LogP contribution in [0.1, 0.15) is 31.4 Å². The van der Waals surface area contributed by atoms with Gasteiger partial charge in [0, 0.05) is 32.5 Å². The molecule has 21 heavy (non-hydrogen) atoms. The van der Waals surface area contributed by atoms with E-state index < -0.39 is 6.10 Å². The van der Waals surface area contributed by atoms with Crippen molar-refractivity contribution in [2.75, 3.05) is 32.1 Å². The van der Waals surface area contributed by atoms with Crippen molar-refractivity contribution in [1.29, 1.82) is 0 Å². The predicted octanol–water partition coefficient (Wildman–Crippen LogP) is 2.63. The zero-order valence-corrected chi connectivity index (χ0v) is 12.7. The summed E-state index contributed by atoms with van der Waals surface area (Å²) in [6.07, 6.45) is 1.49. The molecule has 0 aliphatic carbocycles. The topological polar surface area (TPSA) is 61.8 Å². The second kappa shape index (κ2) is 7.43. The van der Waals surface area contributed by atoms with E-state index in [0.29, 0.717) is 5.92 Å². The van der Waals surface area contributed by atoms with Gasteiger partial charge < -0.3 is 20.1 Å². The molecule has 0 aromatic heterocycles. The first-order valence-electron chi connectivity index (χ1n) is 7.43. The molecule has 1 fully saturated rings. The van der Waals surface area contributed by atoms with Crippen LogP contribution in [0.3, 0.4) is 0 Å². The molecule has 1 aliphatic rings. The molecule has 1 aromatic rings. The average molecular weight is 292 g/mol. The predicted molar refractivity (Wildman–Crippen MR) is 82.3 cm³/mol. The number of hydrogen-bond donors (Lipinski definition) is 2.